The summed E-state index contributed by atoms with van der Waals surface area (Å²) in [6, 6.07) is 15.6. The number of carbonyl (C=O) groups excluding carboxylic acids is 1. The third-order valence-corrected chi connectivity index (χ3v) is 5.11. The first-order valence-corrected chi connectivity index (χ1v) is 9.29. The highest BCUT2D eigenvalue weighted by Gasteiger charge is 2.24. The van der Waals surface area contributed by atoms with Crippen molar-refractivity contribution in [1.82, 2.24) is 4.57 Å². The second kappa shape index (κ2) is 8.21. The highest BCUT2D eigenvalue weighted by Crippen LogP contribution is 2.35. The predicted molar refractivity (Wildman–Crippen MR) is 111 cm³/mol. The van der Waals surface area contributed by atoms with Gasteiger partial charge in [-0.2, -0.15) is 0 Å². The SMILES string of the molecule is CCc1c(-c2ccc(OC)cc2)c(C(N)=O)c(C)n1Cc1ccccc1OC. The normalized spacial score (nSPS) is 10.7. The third-order valence-electron chi connectivity index (χ3n) is 5.11. The van der Waals surface area contributed by atoms with Gasteiger partial charge in [0.1, 0.15) is 11.5 Å². The van der Waals surface area contributed by atoms with Crippen LogP contribution >= 0.6 is 0 Å². The lowest BCUT2D eigenvalue weighted by atomic mass is 9.98. The molecule has 0 fully saturated rings. The Morgan fingerprint density at radius 1 is 1.04 bits per heavy atom. The highest BCUT2D eigenvalue weighted by molar-refractivity contribution is 6.02. The molecule has 2 aromatic carbocycles. The van der Waals surface area contributed by atoms with E-state index < -0.39 is 5.91 Å². The first-order chi connectivity index (χ1) is 13.5. The summed E-state index contributed by atoms with van der Waals surface area (Å²) in [6.07, 6.45) is 0.768. The monoisotopic (exact) mass is 378 g/mol. The number of para-hydroxylation sites is 1. The Bertz CT molecular complexity index is 988. The number of methoxy groups -OCH3 is 2. The third kappa shape index (κ3) is 3.48. The topological polar surface area (TPSA) is 66.5 Å². The molecule has 0 saturated carbocycles. The van der Waals surface area contributed by atoms with Gasteiger partial charge < -0.3 is 19.8 Å². The van der Waals surface area contributed by atoms with Gasteiger partial charge in [0.15, 0.2) is 0 Å². The summed E-state index contributed by atoms with van der Waals surface area (Å²) < 4.78 is 12.9. The maximum Gasteiger partial charge on any atom is 0.251 e. The van der Waals surface area contributed by atoms with Crippen LogP contribution in [0.25, 0.3) is 11.1 Å². The fourth-order valence-corrected chi connectivity index (χ4v) is 3.75. The van der Waals surface area contributed by atoms with Crippen molar-refractivity contribution in [3.8, 4) is 22.6 Å². The Morgan fingerprint density at radius 3 is 2.29 bits per heavy atom. The van der Waals surface area contributed by atoms with Gasteiger partial charge in [-0.25, -0.2) is 0 Å². The number of rotatable bonds is 7. The molecule has 0 saturated heterocycles. The van der Waals surface area contributed by atoms with Crippen LogP contribution in [0.3, 0.4) is 0 Å². The minimum atomic E-state index is -0.420. The van der Waals surface area contributed by atoms with E-state index in [2.05, 4.69) is 11.5 Å². The fraction of sp³-hybridized carbons (Fsp3) is 0.261. The zero-order valence-electron chi connectivity index (χ0n) is 16.8. The molecule has 3 rings (SSSR count). The number of benzene rings is 2. The summed E-state index contributed by atoms with van der Waals surface area (Å²) in [6.45, 7) is 4.64. The molecule has 2 N–H and O–H groups in total. The molecular formula is C23H26N2O3. The Kier molecular flexibility index (Phi) is 5.73. The van der Waals surface area contributed by atoms with Crippen LogP contribution in [0, 0.1) is 6.92 Å². The van der Waals surface area contributed by atoms with Crippen LogP contribution < -0.4 is 15.2 Å². The van der Waals surface area contributed by atoms with E-state index >= 15 is 0 Å². The van der Waals surface area contributed by atoms with Gasteiger partial charge in [-0.15, -0.1) is 0 Å². The number of ether oxygens (including phenoxy) is 2. The number of nitrogens with two attached hydrogens (primary N) is 1. The molecule has 0 atom stereocenters. The maximum atomic E-state index is 12.4. The Labute approximate surface area is 165 Å². The van der Waals surface area contributed by atoms with E-state index in [-0.39, 0.29) is 0 Å². The van der Waals surface area contributed by atoms with Crippen molar-refractivity contribution < 1.29 is 14.3 Å². The summed E-state index contributed by atoms with van der Waals surface area (Å²) in [7, 11) is 3.30. The van der Waals surface area contributed by atoms with Crippen molar-refractivity contribution in [1.29, 1.82) is 0 Å². The van der Waals surface area contributed by atoms with Gasteiger partial charge in [-0.1, -0.05) is 37.3 Å². The molecule has 1 aromatic heterocycles. The molecular weight excluding hydrogens is 352 g/mol. The zero-order chi connectivity index (χ0) is 20.3. The number of carbonyl (C=O) groups is 1. The molecule has 5 heteroatoms. The second-order valence-electron chi connectivity index (χ2n) is 6.63. The quantitative estimate of drug-likeness (QED) is 0.670. The molecule has 3 aromatic rings. The molecule has 28 heavy (non-hydrogen) atoms. The van der Waals surface area contributed by atoms with Gasteiger partial charge in [0, 0.05) is 22.5 Å². The van der Waals surface area contributed by atoms with Gasteiger partial charge in [0.05, 0.1) is 26.3 Å². The lowest BCUT2D eigenvalue weighted by Gasteiger charge is -2.14. The maximum absolute atomic E-state index is 12.4. The van der Waals surface area contributed by atoms with Crippen LogP contribution in [0.4, 0.5) is 0 Å². The molecule has 1 amide bonds. The zero-order valence-corrected chi connectivity index (χ0v) is 16.8. The van der Waals surface area contributed by atoms with Crippen LogP contribution in [0.1, 0.15) is 34.2 Å². The number of nitrogens with zero attached hydrogens (tertiary/aromatic N) is 1. The molecule has 0 spiro atoms. The summed E-state index contributed by atoms with van der Waals surface area (Å²) >= 11 is 0. The van der Waals surface area contributed by atoms with Crippen LogP contribution in [-0.4, -0.2) is 24.7 Å². The average Bonchev–Trinajstić information content (AvgIpc) is 3.00. The van der Waals surface area contributed by atoms with Crippen molar-refractivity contribution in [2.75, 3.05) is 14.2 Å². The Hall–Kier alpha value is -3.21. The molecule has 0 radical (unpaired) electrons. The Morgan fingerprint density at radius 2 is 1.71 bits per heavy atom. The van der Waals surface area contributed by atoms with Gasteiger partial charge in [-0.3, -0.25) is 4.79 Å². The smallest absolute Gasteiger partial charge is 0.251 e. The Balaban J connectivity index is 2.19. The van der Waals surface area contributed by atoms with E-state index in [1.807, 2.05) is 55.5 Å². The minimum absolute atomic E-state index is 0.420. The summed E-state index contributed by atoms with van der Waals surface area (Å²) in [5, 5.41) is 0. The number of hydrogen-bond donors (Lipinski definition) is 1. The summed E-state index contributed by atoms with van der Waals surface area (Å²) in [5.41, 5.74) is 11.2. The molecule has 146 valence electrons. The van der Waals surface area contributed by atoms with E-state index in [0.717, 1.165) is 46.0 Å². The molecule has 0 aliphatic rings. The summed E-state index contributed by atoms with van der Waals surface area (Å²) in [5.74, 6) is 1.17. The van der Waals surface area contributed by atoms with Gasteiger partial charge in [-0.05, 0) is 37.1 Å². The second-order valence-corrected chi connectivity index (χ2v) is 6.63. The molecule has 0 aliphatic heterocycles. The van der Waals surface area contributed by atoms with Crippen molar-refractivity contribution in [2.24, 2.45) is 5.73 Å². The molecule has 5 nitrogen and oxygen atoms in total. The van der Waals surface area contributed by atoms with Gasteiger partial charge in [0.2, 0.25) is 0 Å². The lowest BCUT2D eigenvalue weighted by Crippen LogP contribution is -2.13. The van der Waals surface area contributed by atoms with Crippen LogP contribution in [0.2, 0.25) is 0 Å². The van der Waals surface area contributed by atoms with Crippen LogP contribution in [0.5, 0.6) is 11.5 Å². The van der Waals surface area contributed by atoms with E-state index in [1.54, 1.807) is 14.2 Å². The van der Waals surface area contributed by atoms with E-state index in [1.165, 1.54) is 0 Å². The van der Waals surface area contributed by atoms with E-state index in [0.29, 0.717) is 12.1 Å². The number of amides is 1. The standard InChI is InChI=1S/C23H26N2O3/c1-5-19-22(16-10-12-18(27-3)13-11-16)21(23(24)26)15(2)25(19)14-17-8-6-7-9-20(17)28-4/h6-13H,5,14H2,1-4H3,(H2,24,26). The van der Waals surface area contributed by atoms with E-state index in [4.69, 9.17) is 15.2 Å². The minimum Gasteiger partial charge on any atom is -0.497 e. The van der Waals surface area contributed by atoms with Crippen molar-refractivity contribution in [3.63, 3.8) is 0 Å². The van der Waals surface area contributed by atoms with E-state index in [9.17, 15) is 4.79 Å². The van der Waals surface area contributed by atoms with Gasteiger partial charge in [0.25, 0.3) is 5.91 Å². The average molecular weight is 378 g/mol. The van der Waals surface area contributed by atoms with Crippen LogP contribution in [0.15, 0.2) is 48.5 Å². The first-order valence-electron chi connectivity index (χ1n) is 9.29. The lowest BCUT2D eigenvalue weighted by molar-refractivity contribution is 0.1000. The summed E-state index contributed by atoms with van der Waals surface area (Å²) in [4.78, 5) is 12.4. The van der Waals surface area contributed by atoms with Crippen molar-refractivity contribution in [2.45, 2.75) is 26.8 Å². The number of primary amides is 1. The highest BCUT2D eigenvalue weighted by atomic mass is 16.5. The molecule has 0 unspecified atom stereocenters. The molecule has 0 aliphatic carbocycles. The molecule has 0 bridgehead atoms. The van der Waals surface area contributed by atoms with Gasteiger partial charge >= 0.3 is 0 Å². The number of aromatic nitrogens is 1. The fourth-order valence-electron chi connectivity index (χ4n) is 3.75. The first kappa shape index (κ1) is 19.5. The van der Waals surface area contributed by atoms with Crippen LogP contribution in [-0.2, 0) is 13.0 Å². The van der Waals surface area contributed by atoms with Crippen molar-refractivity contribution in [3.05, 3.63) is 71.0 Å². The van der Waals surface area contributed by atoms with Crippen molar-refractivity contribution >= 4 is 5.91 Å². The number of hydrogen-bond acceptors (Lipinski definition) is 3. The molecule has 1 heterocycles. The largest absolute Gasteiger partial charge is 0.497 e. The predicted octanol–water partition coefficient (Wildman–Crippen LogP) is 4.19.